The van der Waals surface area contributed by atoms with Crippen molar-refractivity contribution in [1.29, 1.82) is 0 Å². The van der Waals surface area contributed by atoms with Crippen molar-refractivity contribution in [1.82, 2.24) is 4.98 Å². The third kappa shape index (κ3) is 1.83. The monoisotopic (exact) mass is 199 g/mol. The smallest absolute Gasteiger partial charge is 0.151 e. The maximum absolute atomic E-state index is 13.1. The van der Waals surface area contributed by atoms with Crippen molar-refractivity contribution in [3.05, 3.63) is 35.2 Å². The van der Waals surface area contributed by atoms with E-state index in [2.05, 4.69) is 4.98 Å². The van der Waals surface area contributed by atoms with Crippen LogP contribution in [-0.2, 0) is 0 Å². The van der Waals surface area contributed by atoms with E-state index in [0.29, 0.717) is 5.39 Å². The molecule has 1 aromatic heterocycles. The van der Waals surface area contributed by atoms with Crippen LogP contribution in [-0.4, -0.2) is 4.98 Å². The highest BCUT2D eigenvalue weighted by molar-refractivity contribution is 6.31. The molecule has 3 heteroatoms. The van der Waals surface area contributed by atoms with Gasteiger partial charge in [0.05, 0.1) is 5.02 Å². The zero-order valence-electron chi connectivity index (χ0n) is 7.57. The van der Waals surface area contributed by atoms with E-state index >= 15 is 0 Å². The summed E-state index contributed by atoms with van der Waals surface area (Å²) in [6.07, 6.45) is 1.68. The van der Waals surface area contributed by atoms with Crippen LogP contribution in [0.2, 0.25) is 5.02 Å². The third-order valence-electron chi connectivity index (χ3n) is 1.62. The van der Waals surface area contributed by atoms with Gasteiger partial charge < -0.3 is 4.98 Å². The van der Waals surface area contributed by atoms with E-state index in [4.69, 9.17) is 11.6 Å². The van der Waals surface area contributed by atoms with Gasteiger partial charge in [0.15, 0.2) is 5.82 Å². The van der Waals surface area contributed by atoms with Gasteiger partial charge in [0, 0.05) is 17.1 Å². The summed E-state index contributed by atoms with van der Waals surface area (Å²) < 4.78 is 13.1. The summed E-state index contributed by atoms with van der Waals surface area (Å²) >= 11 is 5.56. The van der Waals surface area contributed by atoms with E-state index in [1.807, 2.05) is 13.8 Å². The fraction of sp³-hybridized carbons (Fsp3) is 0.200. The summed E-state index contributed by atoms with van der Waals surface area (Å²) in [6.45, 7) is 4.00. The first kappa shape index (κ1) is 10.1. The van der Waals surface area contributed by atoms with Gasteiger partial charge in [-0.1, -0.05) is 25.4 Å². The number of nitrogens with one attached hydrogen (secondary N) is 1. The molecule has 1 aromatic carbocycles. The molecule has 0 saturated heterocycles. The Bertz CT molecular complexity index is 395. The first-order valence-electron chi connectivity index (χ1n) is 4.20. The van der Waals surface area contributed by atoms with Crippen molar-refractivity contribution < 1.29 is 4.39 Å². The summed E-state index contributed by atoms with van der Waals surface area (Å²) in [5.74, 6) is -0.356. The van der Waals surface area contributed by atoms with Crippen molar-refractivity contribution in [2.45, 2.75) is 13.8 Å². The van der Waals surface area contributed by atoms with Crippen molar-refractivity contribution >= 4 is 22.5 Å². The third-order valence-corrected chi connectivity index (χ3v) is 1.91. The summed E-state index contributed by atoms with van der Waals surface area (Å²) in [6, 6.07) is 4.95. The van der Waals surface area contributed by atoms with Crippen LogP contribution in [0.5, 0.6) is 0 Å². The maximum Gasteiger partial charge on any atom is 0.151 e. The van der Waals surface area contributed by atoms with Gasteiger partial charge in [-0.05, 0) is 18.2 Å². The van der Waals surface area contributed by atoms with Crippen LogP contribution >= 0.6 is 11.6 Å². The molecule has 0 aliphatic rings. The number of rotatable bonds is 0. The Morgan fingerprint density at radius 2 is 1.92 bits per heavy atom. The topological polar surface area (TPSA) is 15.8 Å². The average Bonchev–Trinajstić information content (AvgIpc) is 2.63. The number of aromatic nitrogens is 1. The first-order chi connectivity index (χ1) is 6.29. The molecule has 0 aliphatic carbocycles. The molecular weight excluding hydrogens is 189 g/mol. The van der Waals surface area contributed by atoms with E-state index in [1.54, 1.807) is 18.3 Å². The van der Waals surface area contributed by atoms with E-state index in [9.17, 15) is 4.39 Å². The molecule has 0 atom stereocenters. The Hall–Kier alpha value is -1.02. The number of aromatic amines is 1. The van der Waals surface area contributed by atoms with Crippen LogP contribution in [0, 0.1) is 5.82 Å². The van der Waals surface area contributed by atoms with E-state index in [0.717, 1.165) is 5.52 Å². The second-order valence-corrected chi connectivity index (χ2v) is 2.71. The number of H-pyrrole nitrogens is 1. The van der Waals surface area contributed by atoms with Crippen LogP contribution in [0.3, 0.4) is 0 Å². The number of fused-ring (bicyclic) bond motifs is 1. The molecule has 0 saturated carbocycles. The van der Waals surface area contributed by atoms with Crippen molar-refractivity contribution in [3.63, 3.8) is 0 Å². The van der Waals surface area contributed by atoms with E-state index in [1.165, 1.54) is 6.07 Å². The highest BCUT2D eigenvalue weighted by Crippen LogP contribution is 2.22. The highest BCUT2D eigenvalue weighted by Gasteiger charge is 2.04. The molecule has 0 radical (unpaired) electrons. The van der Waals surface area contributed by atoms with Crippen LogP contribution in [0.1, 0.15) is 13.8 Å². The number of benzene rings is 1. The minimum atomic E-state index is -0.356. The lowest BCUT2D eigenvalue weighted by molar-refractivity contribution is 0.640. The molecule has 0 amide bonds. The lowest BCUT2D eigenvalue weighted by Crippen LogP contribution is -1.76. The zero-order chi connectivity index (χ0) is 9.84. The summed E-state index contributed by atoms with van der Waals surface area (Å²) in [5, 5.41) is 0.703. The molecule has 0 spiro atoms. The van der Waals surface area contributed by atoms with Gasteiger partial charge in [0.25, 0.3) is 0 Å². The number of hydrogen-bond donors (Lipinski definition) is 1. The van der Waals surface area contributed by atoms with Gasteiger partial charge >= 0.3 is 0 Å². The largest absolute Gasteiger partial charge is 0.361 e. The minimum Gasteiger partial charge on any atom is -0.361 e. The first-order valence-corrected chi connectivity index (χ1v) is 4.58. The molecule has 0 fully saturated rings. The van der Waals surface area contributed by atoms with E-state index < -0.39 is 0 Å². The van der Waals surface area contributed by atoms with Crippen LogP contribution in [0.4, 0.5) is 4.39 Å². The van der Waals surface area contributed by atoms with Gasteiger partial charge in [-0.3, -0.25) is 0 Å². The molecule has 2 rings (SSSR count). The Kier molecular flexibility index (Phi) is 3.32. The second kappa shape index (κ2) is 4.28. The normalized spacial score (nSPS) is 9.54. The summed E-state index contributed by atoms with van der Waals surface area (Å²) in [7, 11) is 0. The Morgan fingerprint density at radius 3 is 2.62 bits per heavy atom. The van der Waals surface area contributed by atoms with Crippen molar-refractivity contribution in [2.24, 2.45) is 0 Å². The Morgan fingerprint density at radius 1 is 1.23 bits per heavy atom. The molecule has 1 N–H and O–H groups in total. The van der Waals surface area contributed by atoms with Crippen molar-refractivity contribution in [3.8, 4) is 0 Å². The molecular formula is C10H11ClFN. The van der Waals surface area contributed by atoms with E-state index in [-0.39, 0.29) is 10.8 Å². The van der Waals surface area contributed by atoms with Crippen LogP contribution < -0.4 is 0 Å². The Balaban J connectivity index is 0.000000396. The summed E-state index contributed by atoms with van der Waals surface area (Å²) in [5.41, 5.74) is 0.770. The van der Waals surface area contributed by atoms with Gasteiger partial charge in [0.2, 0.25) is 0 Å². The Labute approximate surface area is 81.5 Å². The number of halogens is 2. The lowest BCUT2D eigenvalue weighted by atomic mass is 10.2. The quantitative estimate of drug-likeness (QED) is 0.661. The predicted octanol–water partition coefficient (Wildman–Crippen LogP) is 3.99. The molecule has 2 aromatic rings. The predicted molar refractivity (Wildman–Crippen MR) is 54.6 cm³/mol. The fourth-order valence-corrected chi connectivity index (χ4v) is 1.23. The van der Waals surface area contributed by atoms with Crippen LogP contribution in [0.25, 0.3) is 10.9 Å². The zero-order valence-corrected chi connectivity index (χ0v) is 8.32. The SMILES string of the molecule is CC.Fc1c(Cl)ccc2[nH]ccc12. The highest BCUT2D eigenvalue weighted by atomic mass is 35.5. The number of hydrogen-bond acceptors (Lipinski definition) is 0. The van der Waals surface area contributed by atoms with Gasteiger partial charge in [-0.25, -0.2) is 4.39 Å². The van der Waals surface area contributed by atoms with Crippen LogP contribution in [0.15, 0.2) is 24.4 Å². The lowest BCUT2D eigenvalue weighted by Gasteiger charge is -1.93. The molecule has 0 aliphatic heterocycles. The summed E-state index contributed by atoms with van der Waals surface area (Å²) in [4.78, 5) is 2.89. The molecule has 1 heterocycles. The fourth-order valence-electron chi connectivity index (χ4n) is 1.07. The maximum atomic E-state index is 13.1. The molecule has 0 bridgehead atoms. The minimum absolute atomic E-state index is 0.164. The standard InChI is InChI=1S/C8H5ClFN.C2H6/c9-6-1-2-7-5(8(6)10)3-4-11-7;1-2/h1-4,11H;1-2H3. The molecule has 13 heavy (non-hydrogen) atoms. The van der Waals surface area contributed by atoms with Gasteiger partial charge in [-0.2, -0.15) is 0 Å². The molecule has 0 unspecified atom stereocenters. The van der Waals surface area contributed by atoms with Gasteiger partial charge in [-0.15, -0.1) is 0 Å². The van der Waals surface area contributed by atoms with Crippen molar-refractivity contribution in [2.75, 3.05) is 0 Å². The molecule has 1 nitrogen and oxygen atoms in total. The van der Waals surface area contributed by atoms with Gasteiger partial charge in [0.1, 0.15) is 0 Å². The second-order valence-electron chi connectivity index (χ2n) is 2.30. The average molecular weight is 200 g/mol. The molecule has 70 valence electrons.